The van der Waals surface area contributed by atoms with Gasteiger partial charge < -0.3 is 9.84 Å². The highest BCUT2D eigenvalue weighted by molar-refractivity contribution is 6.11. The van der Waals surface area contributed by atoms with Crippen LogP contribution in [0.3, 0.4) is 0 Å². The Labute approximate surface area is 173 Å². The third-order valence-electron chi connectivity index (χ3n) is 5.10. The maximum absolute atomic E-state index is 14.0. The number of carboxylic acids is 1. The summed E-state index contributed by atoms with van der Waals surface area (Å²) in [6.45, 7) is 2.21. The van der Waals surface area contributed by atoms with Gasteiger partial charge >= 0.3 is 5.97 Å². The number of benzene rings is 2. The molecule has 3 rings (SSSR count). The molecular formula is C23H23F2NO4. The van der Waals surface area contributed by atoms with Crippen LogP contribution in [0.5, 0.6) is 0 Å². The van der Waals surface area contributed by atoms with E-state index in [4.69, 9.17) is 9.84 Å². The quantitative estimate of drug-likeness (QED) is 0.401. The van der Waals surface area contributed by atoms with Crippen molar-refractivity contribution in [2.45, 2.75) is 12.8 Å². The van der Waals surface area contributed by atoms with Crippen LogP contribution in [0.15, 0.2) is 48.7 Å². The van der Waals surface area contributed by atoms with Crippen molar-refractivity contribution in [1.29, 1.82) is 0 Å². The number of hydrogen-bond acceptors (Lipinski definition) is 4. The number of piperidine rings is 1. The van der Waals surface area contributed by atoms with E-state index in [9.17, 15) is 18.4 Å². The number of ketones is 1. The zero-order chi connectivity index (χ0) is 21.5. The van der Waals surface area contributed by atoms with E-state index in [0.29, 0.717) is 26.1 Å². The van der Waals surface area contributed by atoms with E-state index in [1.165, 1.54) is 42.7 Å². The second kappa shape index (κ2) is 10.1. The Morgan fingerprint density at radius 3 is 2.73 bits per heavy atom. The van der Waals surface area contributed by atoms with Crippen molar-refractivity contribution in [2.24, 2.45) is 5.92 Å². The molecule has 1 unspecified atom stereocenters. The molecule has 0 amide bonds. The van der Waals surface area contributed by atoms with Crippen molar-refractivity contribution in [3.05, 3.63) is 77.1 Å². The predicted octanol–water partition coefficient (Wildman–Crippen LogP) is 3.98. The molecule has 1 N–H and O–H groups in total. The van der Waals surface area contributed by atoms with Gasteiger partial charge in [-0.3, -0.25) is 14.5 Å². The highest BCUT2D eigenvalue weighted by Crippen LogP contribution is 2.20. The number of carboxylic acid groups (broad SMARTS) is 1. The molecule has 1 fully saturated rings. The number of carbonyl (C=O) groups is 2. The van der Waals surface area contributed by atoms with Crippen molar-refractivity contribution in [3.63, 3.8) is 0 Å². The molecule has 1 atom stereocenters. The van der Waals surface area contributed by atoms with E-state index in [0.717, 1.165) is 19.0 Å². The zero-order valence-corrected chi connectivity index (χ0v) is 16.4. The Hall–Kier alpha value is -3.06. The zero-order valence-electron chi connectivity index (χ0n) is 16.4. The molecule has 30 heavy (non-hydrogen) atoms. The van der Waals surface area contributed by atoms with Crippen LogP contribution >= 0.6 is 0 Å². The molecular weight excluding hydrogens is 392 g/mol. The van der Waals surface area contributed by atoms with E-state index in [-0.39, 0.29) is 22.6 Å². The highest BCUT2D eigenvalue weighted by atomic mass is 19.1. The van der Waals surface area contributed by atoms with Crippen LogP contribution in [0.4, 0.5) is 8.78 Å². The number of rotatable bonds is 8. The van der Waals surface area contributed by atoms with Crippen LogP contribution in [0.1, 0.15) is 34.3 Å². The van der Waals surface area contributed by atoms with Crippen molar-refractivity contribution >= 4 is 17.8 Å². The van der Waals surface area contributed by atoms with Crippen molar-refractivity contribution in [3.8, 4) is 0 Å². The van der Waals surface area contributed by atoms with Crippen molar-refractivity contribution in [2.75, 3.05) is 26.2 Å². The van der Waals surface area contributed by atoms with E-state index in [2.05, 4.69) is 0 Å². The van der Waals surface area contributed by atoms with Gasteiger partial charge in [0.1, 0.15) is 11.6 Å². The molecule has 0 spiro atoms. The maximum atomic E-state index is 14.0. The molecule has 0 aromatic heterocycles. The largest absolute Gasteiger partial charge is 0.500 e. The number of halogens is 2. The third-order valence-corrected chi connectivity index (χ3v) is 5.10. The smallest absolute Gasteiger partial charge is 0.307 e. The Balaban J connectivity index is 1.62. The monoisotopic (exact) mass is 415 g/mol. The summed E-state index contributed by atoms with van der Waals surface area (Å²) in [7, 11) is 0. The summed E-state index contributed by atoms with van der Waals surface area (Å²) in [5.74, 6) is -2.83. The van der Waals surface area contributed by atoms with E-state index < -0.39 is 23.4 Å². The minimum Gasteiger partial charge on any atom is -0.500 e. The topological polar surface area (TPSA) is 66.8 Å². The van der Waals surface area contributed by atoms with Gasteiger partial charge in [-0.05, 0) is 61.4 Å². The number of hydrogen-bond donors (Lipinski definition) is 1. The molecule has 158 valence electrons. The summed E-state index contributed by atoms with van der Waals surface area (Å²) < 4.78 is 33.1. The maximum Gasteiger partial charge on any atom is 0.307 e. The van der Waals surface area contributed by atoms with Crippen LogP contribution < -0.4 is 0 Å². The molecule has 0 radical (unpaired) electrons. The first-order chi connectivity index (χ1) is 14.5. The molecule has 1 aliphatic heterocycles. The van der Waals surface area contributed by atoms with Crippen LogP contribution in [0.25, 0.3) is 6.08 Å². The van der Waals surface area contributed by atoms with Crippen LogP contribution in [-0.2, 0) is 9.53 Å². The van der Waals surface area contributed by atoms with Gasteiger partial charge in [-0.2, -0.15) is 0 Å². The molecule has 0 bridgehead atoms. The minimum atomic E-state index is -0.779. The average Bonchev–Trinajstić information content (AvgIpc) is 2.74. The molecule has 1 aliphatic rings. The van der Waals surface area contributed by atoms with Crippen molar-refractivity contribution < 1.29 is 28.2 Å². The molecule has 5 nitrogen and oxygen atoms in total. The van der Waals surface area contributed by atoms with Crippen molar-refractivity contribution in [1.82, 2.24) is 4.90 Å². The Bertz CT molecular complexity index is 945. The summed E-state index contributed by atoms with van der Waals surface area (Å²) in [4.78, 5) is 25.8. The van der Waals surface area contributed by atoms with Crippen LogP contribution in [0, 0.1) is 17.6 Å². The first-order valence-corrected chi connectivity index (χ1v) is 9.78. The lowest BCUT2D eigenvalue weighted by Crippen LogP contribution is -2.40. The number of ether oxygens (including phenoxy) is 1. The first-order valence-electron chi connectivity index (χ1n) is 9.78. The second-order valence-corrected chi connectivity index (χ2v) is 7.19. The summed E-state index contributed by atoms with van der Waals surface area (Å²) in [5.41, 5.74) is 0.367. The van der Waals surface area contributed by atoms with Gasteiger partial charge in [0.2, 0.25) is 0 Å². The molecule has 1 saturated heterocycles. The first kappa shape index (κ1) is 21.6. The Morgan fingerprint density at radius 1 is 1.17 bits per heavy atom. The summed E-state index contributed by atoms with van der Waals surface area (Å²) >= 11 is 0. The summed E-state index contributed by atoms with van der Waals surface area (Å²) in [5, 5.41) is 9.13. The van der Waals surface area contributed by atoms with E-state index in [1.54, 1.807) is 6.07 Å². The van der Waals surface area contributed by atoms with Gasteiger partial charge in [-0.15, -0.1) is 0 Å². The fraction of sp³-hybridized carbons (Fsp3) is 0.304. The Morgan fingerprint density at radius 2 is 1.97 bits per heavy atom. The predicted molar refractivity (Wildman–Crippen MR) is 108 cm³/mol. The van der Waals surface area contributed by atoms with Gasteiger partial charge in [-0.1, -0.05) is 12.1 Å². The molecule has 7 heteroatoms. The van der Waals surface area contributed by atoms with Crippen LogP contribution in [0.2, 0.25) is 0 Å². The standard InChI is InChI=1S/C23H23F2NO4/c24-18-7-8-19(22(27)20-5-1-2-6-21(20)25)16(14-18)9-12-30-13-11-26-10-3-4-17(15-26)23(28)29/h1-2,5-9,12,14,17H,3-4,10-11,13,15H2,(H,28,29)/b12-9+. The number of nitrogens with zero attached hydrogens (tertiary/aromatic N) is 1. The summed E-state index contributed by atoms with van der Waals surface area (Å²) in [6.07, 6.45) is 4.35. The lowest BCUT2D eigenvalue weighted by atomic mass is 9.98. The summed E-state index contributed by atoms with van der Waals surface area (Å²) in [6, 6.07) is 9.31. The van der Waals surface area contributed by atoms with E-state index in [1.807, 2.05) is 4.90 Å². The molecule has 2 aromatic carbocycles. The number of aliphatic carboxylic acids is 1. The molecule has 0 saturated carbocycles. The van der Waals surface area contributed by atoms with Gasteiger partial charge in [0.15, 0.2) is 5.78 Å². The lowest BCUT2D eigenvalue weighted by Gasteiger charge is -2.30. The highest BCUT2D eigenvalue weighted by Gasteiger charge is 2.24. The van der Waals surface area contributed by atoms with Gasteiger partial charge in [-0.25, -0.2) is 8.78 Å². The third kappa shape index (κ3) is 5.51. The fourth-order valence-electron chi connectivity index (χ4n) is 3.50. The fourth-order valence-corrected chi connectivity index (χ4v) is 3.50. The van der Waals surface area contributed by atoms with Gasteiger partial charge in [0.05, 0.1) is 24.4 Å². The van der Waals surface area contributed by atoms with Crippen LogP contribution in [-0.4, -0.2) is 48.0 Å². The minimum absolute atomic E-state index is 0.0854. The molecule has 2 aromatic rings. The second-order valence-electron chi connectivity index (χ2n) is 7.19. The lowest BCUT2D eigenvalue weighted by molar-refractivity contribution is -0.143. The van der Waals surface area contributed by atoms with Gasteiger partial charge in [0, 0.05) is 18.7 Å². The Kier molecular flexibility index (Phi) is 7.30. The molecule has 1 heterocycles. The SMILES string of the molecule is O=C(c1ccccc1F)c1ccc(F)cc1/C=C/OCCN1CCCC(C(=O)O)C1. The molecule has 0 aliphatic carbocycles. The average molecular weight is 415 g/mol. The van der Waals surface area contributed by atoms with E-state index >= 15 is 0 Å². The number of carbonyl (C=O) groups excluding carboxylic acids is 1. The van der Waals surface area contributed by atoms with Gasteiger partial charge in [0.25, 0.3) is 0 Å². The normalized spacial score (nSPS) is 17.2. The number of likely N-dealkylation sites (tertiary alicyclic amines) is 1.